The van der Waals surface area contributed by atoms with Gasteiger partial charge in [-0.05, 0) is 68.3 Å². The molecule has 2 aliphatic heterocycles. The third-order valence-electron chi connectivity index (χ3n) is 6.96. The number of nitrogens with zero attached hydrogens (tertiary/aromatic N) is 1. The average molecular weight is 370 g/mol. The lowest BCUT2D eigenvalue weighted by Crippen LogP contribution is -2.51. The van der Waals surface area contributed by atoms with Crippen LogP contribution in [-0.4, -0.2) is 43.7 Å². The van der Waals surface area contributed by atoms with E-state index in [1.54, 1.807) is 0 Å². The molecule has 0 radical (unpaired) electrons. The molecule has 2 heterocycles. The van der Waals surface area contributed by atoms with E-state index in [1.807, 2.05) is 0 Å². The molecule has 1 aromatic carbocycles. The number of nitrogens with one attached hydrogen (secondary N) is 1. The Balaban J connectivity index is 1.45. The van der Waals surface area contributed by atoms with Crippen LogP contribution < -0.4 is 14.8 Å². The molecule has 1 unspecified atom stereocenters. The fourth-order valence-corrected chi connectivity index (χ4v) is 5.22. The molecule has 2 aliphatic carbocycles. The maximum absolute atomic E-state index is 13.1. The van der Waals surface area contributed by atoms with Gasteiger partial charge in [-0.1, -0.05) is 12.8 Å². The summed E-state index contributed by atoms with van der Waals surface area (Å²) in [6, 6.07) is 4.45. The minimum Gasteiger partial charge on any atom is -0.486 e. The maximum Gasteiger partial charge on any atom is 0.237 e. The lowest BCUT2D eigenvalue weighted by Gasteiger charge is -2.46. The molecule has 5 rings (SSSR count). The van der Waals surface area contributed by atoms with Gasteiger partial charge in [-0.25, -0.2) is 0 Å². The van der Waals surface area contributed by atoms with Crippen LogP contribution in [-0.2, 0) is 10.2 Å². The van der Waals surface area contributed by atoms with Crippen LogP contribution in [0.15, 0.2) is 12.1 Å². The van der Waals surface area contributed by atoms with Crippen LogP contribution in [0.25, 0.3) is 0 Å². The second-order valence-electron chi connectivity index (χ2n) is 8.84. The fraction of sp³-hybridized carbons (Fsp3) is 0.682. The summed E-state index contributed by atoms with van der Waals surface area (Å²) in [5.74, 6) is 2.74. The monoisotopic (exact) mass is 370 g/mol. The first-order valence-corrected chi connectivity index (χ1v) is 10.6. The molecule has 1 amide bonds. The molecule has 1 atom stereocenters. The van der Waals surface area contributed by atoms with Gasteiger partial charge in [0, 0.05) is 12.0 Å². The highest BCUT2D eigenvalue weighted by Gasteiger charge is 2.46. The van der Waals surface area contributed by atoms with Crippen molar-refractivity contribution < 1.29 is 14.3 Å². The Hall–Kier alpha value is -1.75. The largest absolute Gasteiger partial charge is 0.486 e. The summed E-state index contributed by atoms with van der Waals surface area (Å²) in [5, 5.41) is 3.38. The molecule has 2 fully saturated rings. The van der Waals surface area contributed by atoms with E-state index in [-0.39, 0.29) is 17.4 Å². The van der Waals surface area contributed by atoms with Crippen molar-refractivity contribution in [2.75, 3.05) is 32.8 Å². The van der Waals surface area contributed by atoms with E-state index in [0.29, 0.717) is 19.8 Å². The van der Waals surface area contributed by atoms with Gasteiger partial charge in [0.2, 0.25) is 5.91 Å². The van der Waals surface area contributed by atoms with E-state index in [4.69, 9.17) is 9.47 Å². The van der Waals surface area contributed by atoms with Gasteiger partial charge in [-0.15, -0.1) is 0 Å². The molecule has 0 bridgehead atoms. The second kappa shape index (κ2) is 6.69. The molecular formula is C22H30N2O3. The third-order valence-corrected chi connectivity index (χ3v) is 6.96. The van der Waals surface area contributed by atoms with Gasteiger partial charge in [-0.2, -0.15) is 0 Å². The van der Waals surface area contributed by atoms with Gasteiger partial charge in [0.05, 0.1) is 12.6 Å². The van der Waals surface area contributed by atoms with Gasteiger partial charge >= 0.3 is 0 Å². The minimum atomic E-state index is 0.0808. The van der Waals surface area contributed by atoms with Crippen LogP contribution in [0.1, 0.15) is 62.6 Å². The summed E-state index contributed by atoms with van der Waals surface area (Å²) in [6.07, 6.45) is 7.42. The summed E-state index contributed by atoms with van der Waals surface area (Å²) < 4.78 is 11.7. The van der Waals surface area contributed by atoms with Gasteiger partial charge in [-0.3, -0.25) is 4.79 Å². The molecule has 1 N–H and O–H groups in total. The molecule has 0 aromatic heterocycles. The number of amides is 1. The molecule has 2 saturated carbocycles. The number of hydrogen-bond donors (Lipinski definition) is 1. The van der Waals surface area contributed by atoms with Crippen LogP contribution in [0.4, 0.5) is 0 Å². The number of benzene rings is 1. The Morgan fingerprint density at radius 3 is 2.59 bits per heavy atom. The van der Waals surface area contributed by atoms with Crippen LogP contribution in [0.3, 0.4) is 0 Å². The number of ether oxygens (including phenoxy) is 2. The van der Waals surface area contributed by atoms with Crippen molar-refractivity contribution in [3.05, 3.63) is 23.3 Å². The van der Waals surface area contributed by atoms with Gasteiger partial charge in [0.15, 0.2) is 11.5 Å². The van der Waals surface area contributed by atoms with Crippen molar-refractivity contribution in [3.63, 3.8) is 0 Å². The van der Waals surface area contributed by atoms with Crippen molar-refractivity contribution in [2.24, 2.45) is 5.92 Å². The summed E-state index contributed by atoms with van der Waals surface area (Å²) in [4.78, 5) is 15.2. The SMILES string of the molecule is CC1c2cc3c(cc2C2(CCCC2)CN1C(=O)CNCC1CC1)OCCO3. The number of carbonyl (C=O) groups is 1. The Labute approximate surface area is 161 Å². The quantitative estimate of drug-likeness (QED) is 0.884. The molecule has 4 aliphatic rings. The van der Waals surface area contributed by atoms with Crippen molar-refractivity contribution in [1.82, 2.24) is 10.2 Å². The molecule has 5 heteroatoms. The zero-order chi connectivity index (χ0) is 18.4. The normalized spacial score (nSPS) is 25.5. The number of fused-ring (bicyclic) bond motifs is 3. The predicted molar refractivity (Wildman–Crippen MR) is 103 cm³/mol. The topological polar surface area (TPSA) is 50.8 Å². The lowest BCUT2D eigenvalue weighted by atomic mass is 9.71. The summed E-state index contributed by atoms with van der Waals surface area (Å²) >= 11 is 0. The zero-order valence-electron chi connectivity index (χ0n) is 16.3. The van der Waals surface area contributed by atoms with E-state index >= 15 is 0 Å². The molecule has 5 nitrogen and oxygen atoms in total. The van der Waals surface area contributed by atoms with Crippen molar-refractivity contribution >= 4 is 5.91 Å². The smallest absolute Gasteiger partial charge is 0.237 e. The van der Waals surface area contributed by atoms with Crippen LogP contribution in [0, 0.1) is 5.92 Å². The van der Waals surface area contributed by atoms with Gasteiger partial charge in [0.25, 0.3) is 0 Å². The zero-order valence-corrected chi connectivity index (χ0v) is 16.3. The Morgan fingerprint density at radius 1 is 1.19 bits per heavy atom. The number of hydrogen-bond acceptors (Lipinski definition) is 4. The standard InChI is InChI=1S/C22H30N2O3/c1-15-17-10-19-20(27-9-8-26-19)11-18(17)22(6-2-3-7-22)14-24(15)21(25)13-23-12-16-4-5-16/h10-11,15-16,23H,2-9,12-14H2,1H3. The number of rotatable bonds is 4. The van der Waals surface area contributed by atoms with E-state index in [9.17, 15) is 4.79 Å². The Morgan fingerprint density at radius 2 is 1.89 bits per heavy atom. The maximum atomic E-state index is 13.1. The summed E-state index contributed by atoms with van der Waals surface area (Å²) in [7, 11) is 0. The molecule has 1 spiro atoms. The first kappa shape index (κ1) is 17.4. The van der Waals surface area contributed by atoms with E-state index in [0.717, 1.165) is 43.3 Å². The molecule has 0 saturated heterocycles. The van der Waals surface area contributed by atoms with E-state index in [1.165, 1.54) is 36.8 Å². The van der Waals surface area contributed by atoms with Crippen molar-refractivity contribution in [3.8, 4) is 11.5 Å². The Kier molecular flexibility index (Phi) is 4.30. The van der Waals surface area contributed by atoms with E-state index < -0.39 is 0 Å². The third kappa shape index (κ3) is 3.10. The van der Waals surface area contributed by atoms with Gasteiger partial charge < -0.3 is 19.7 Å². The molecule has 1 aromatic rings. The second-order valence-corrected chi connectivity index (χ2v) is 8.84. The fourth-order valence-electron chi connectivity index (χ4n) is 5.22. The van der Waals surface area contributed by atoms with Crippen LogP contribution >= 0.6 is 0 Å². The molecule has 27 heavy (non-hydrogen) atoms. The van der Waals surface area contributed by atoms with Crippen molar-refractivity contribution in [2.45, 2.75) is 56.9 Å². The Bertz CT molecular complexity index is 737. The lowest BCUT2D eigenvalue weighted by molar-refractivity contribution is -0.134. The van der Waals surface area contributed by atoms with Gasteiger partial charge in [0.1, 0.15) is 13.2 Å². The van der Waals surface area contributed by atoms with Crippen LogP contribution in [0.2, 0.25) is 0 Å². The average Bonchev–Trinajstić information content (AvgIpc) is 3.39. The molecule has 146 valence electrons. The predicted octanol–water partition coefficient (Wildman–Crippen LogP) is 3.17. The highest BCUT2D eigenvalue weighted by molar-refractivity contribution is 5.79. The first-order valence-electron chi connectivity index (χ1n) is 10.6. The number of carbonyl (C=O) groups excluding carboxylic acids is 1. The summed E-state index contributed by atoms with van der Waals surface area (Å²) in [5.41, 5.74) is 2.73. The minimum absolute atomic E-state index is 0.0808. The van der Waals surface area contributed by atoms with Crippen molar-refractivity contribution in [1.29, 1.82) is 0 Å². The van der Waals surface area contributed by atoms with Crippen LogP contribution in [0.5, 0.6) is 11.5 Å². The summed E-state index contributed by atoms with van der Waals surface area (Å²) in [6.45, 7) is 5.65. The molecular weight excluding hydrogens is 340 g/mol. The highest BCUT2D eigenvalue weighted by Crippen LogP contribution is 2.51. The highest BCUT2D eigenvalue weighted by atomic mass is 16.6. The van der Waals surface area contributed by atoms with E-state index in [2.05, 4.69) is 29.3 Å². The first-order chi connectivity index (χ1) is 13.2.